The quantitative estimate of drug-likeness (QED) is 0.304. The van der Waals surface area contributed by atoms with Crippen molar-refractivity contribution < 1.29 is 29.0 Å². The highest BCUT2D eigenvalue weighted by Crippen LogP contribution is 2.05. The molecule has 0 aliphatic heterocycles. The summed E-state index contributed by atoms with van der Waals surface area (Å²) in [5.41, 5.74) is 0. The predicted molar refractivity (Wildman–Crippen MR) is 66.7 cm³/mol. The molecule has 7 nitrogen and oxygen atoms in total. The van der Waals surface area contributed by atoms with Gasteiger partial charge in [-0.15, -0.1) is 0 Å². The third-order valence-corrected chi connectivity index (χ3v) is 3.37. The van der Waals surface area contributed by atoms with Crippen molar-refractivity contribution in [3.05, 3.63) is 0 Å². The first-order valence-electron chi connectivity index (χ1n) is 6.04. The van der Waals surface area contributed by atoms with E-state index in [1.807, 2.05) is 6.92 Å². The smallest absolute Gasteiger partial charge is 0.446 e. The second kappa shape index (κ2) is 8.43. The molecule has 0 fully saturated rings. The molecule has 0 aromatic heterocycles. The summed E-state index contributed by atoms with van der Waals surface area (Å²) < 4.78 is 4.97. The van der Waals surface area contributed by atoms with E-state index in [4.69, 9.17) is 19.1 Å². The Balaban J connectivity index is 3.65. The van der Waals surface area contributed by atoms with Crippen LogP contribution in [0.4, 0.5) is 4.79 Å². The maximum absolute atomic E-state index is 11.3. The minimum atomic E-state index is -4.01. The average molecular weight is 281 g/mol. The zero-order valence-corrected chi connectivity index (χ0v) is 11.8. The van der Waals surface area contributed by atoms with Gasteiger partial charge in [0.15, 0.2) is 0 Å². The van der Waals surface area contributed by atoms with E-state index in [1.54, 1.807) is 6.92 Å². The lowest BCUT2D eigenvalue weighted by Crippen LogP contribution is -2.36. The Morgan fingerprint density at radius 2 is 2.00 bits per heavy atom. The fraction of sp³-hybridized carbons (Fsp3) is 0.900. The molecule has 0 radical (unpaired) electrons. The summed E-state index contributed by atoms with van der Waals surface area (Å²) in [6.45, 7) is 3.72. The molecule has 0 saturated carbocycles. The van der Waals surface area contributed by atoms with Crippen molar-refractivity contribution in [3.8, 4) is 0 Å². The van der Waals surface area contributed by atoms with E-state index in [1.165, 1.54) is 0 Å². The largest absolute Gasteiger partial charge is 0.492 e. The van der Waals surface area contributed by atoms with E-state index in [2.05, 4.69) is 5.32 Å². The first-order valence-corrected chi connectivity index (χ1v) is 8.09. The van der Waals surface area contributed by atoms with Crippen LogP contribution in [-0.2, 0) is 4.74 Å². The molecule has 5 N–H and O–H groups in total. The number of hydrogen-bond donors (Lipinski definition) is 5. The summed E-state index contributed by atoms with van der Waals surface area (Å²) in [4.78, 5) is 37.5. The minimum Gasteiger partial charge on any atom is -0.446 e. The molecule has 0 aliphatic carbocycles. The molecule has 0 saturated heterocycles. The van der Waals surface area contributed by atoms with Crippen molar-refractivity contribution >= 4 is 14.9 Å². The lowest BCUT2D eigenvalue weighted by Gasteiger charge is -2.16. The van der Waals surface area contributed by atoms with Gasteiger partial charge in [0, 0.05) is 19.0 Å². The molecular formula is C10H23NO6Si. The number of aliphatic hydroxyl groups is 1. The van der Waals surface area contributed by atoms with E-state index in [0.717, 1.165) is 0 Å². The third kappa shape index (κ3) is 10.5. The fourth-order valence-corrected chi connectivity index (χ4v) is 1.99. The van der Waals surface area contributed by atoms with Gasteiger partial charge in [0.2, 0.25) is 0 Å². The van der Waals surface area contributed by atoms with E-state index >= 15 is 0 Å². The van der Waals surface area contributed by atoms with Gasteiger partial charge in [-0.1, -0.05) is 6.92 Å². The number of nitrogens with one attached hydrogen (secondary N) is 1. The van der Waals surface area contributed by atoms with Crippen LogP contribution < -0.4 is 5.32 Å². The number of hydrogen-bond acceptors (Lipinski definition) is 6. The number of aliphatic hydroxyl groups excluding tert-OH is 1. The molecule has 0 rings (SSSR count). The first-order chi connectivity index (χ1) is 8.24. The second-order valence-corrected chi connectivity index (χ2v) is 6.37. The lowest BCUT2D eigenvalue weighted by molar-refractivity contribution is 0.0614. The molecule has 0 aromatic carbocycles. The molecule has 2 atom stereocenters. The van der Waals surface area contributed by atoms with Crippen molar-refractivity contribution in [1.82, 2.24) is 5.32 Å². The Kier molecular flexibility index (Phi) is 8.12. The van der Waals surface area contributed by atoms with Crippen LogP contribution in [0.1, 0.15) is 33.1 Å². The third-order valence-electron chi connectivity index (χ3n) is 2.34. The predicted octanol–water partition coefficient (Wildman–Crippen LogP) is -0.432. The monoisotopic (exact) mass is 281 g/mol. The summed E-state index contributed by atoms with van der Waals surface area (Å²) >= 11 is 0. The molecule has 2 unspecified atom stereocenters. The van der Waals surface area contributed by atoms with E-state index in [0.29, 0.717) is 12.8 Å². The number of carbonyl (C=O) groups excluding carboxylic acids is 1. The van der Waals surface area contributed by atoms with Gasteiger partial charge in [-0.3, -0.25) is 0 Å². The van der Waals surface area contributed by atoms with Crippen LogP contribution >= 0.6 is 0 Å². The standard InChI is InChI=1S/C10H23NO6Si/c1-3-9(12)7-8(2)17-10(13)11-5-4-6-18(14,15)16/h8-9,12,14-16H,3-7H2,1-2H3,(H,11,13). The van der Waals surface area contributed by atoms with Crippen LogP contribution in [0.3, 0.4) is 0 Å². The zero-order valence-electron chi connectivity index (χ0n) is 10.8. The number of alkyl carbamates (subject to hydrolysis) is 1. The summed E-state index contributed by atoms with van der Waals surface area (Å²) in [6, 6.07) is -0.128. The normalized spacial score (nSPS) is 15.0. The van der Waals surface area contributed by atoms with Gasteiger partial charge in [-0.2, -0.15) is 0 Å². The Bertz CT molecular complexity index is 245. The Morgan fingerprint density at radius 1 is 1.39 bits per heavy atom. The maximum Gasteiger partial charge on any atom is 0.492 e. The lowest BCUT2D eigenvalue weighted by atomic mass is 10.1. The second-order valence-electron chi connectivity index (χ2n) is 4.32. The van der Waals surface area contributed by atoms with E-state index in [9.17, 15) is 9.90 Å². The van der Waals surface area contributed by atoms with Crippen LogP contribution in [0.15, 0.2) is 0 Å². The molecule has 108 valence electrons. The summed E-state index contributed by atoms with van der Waals surface area (Å²) in [6.07, 6.45) is -0.252. The Labute approximate surface area is 108 Å². The van der Waals surface area contributed by atoms with Crippen molar-refractivity contribution in [1.29, 1.82) is 0 Å². The number of rotatable bonds is 8. The van der Waals surface area contributed by atoms with Gasteiger partial charge >= 0.3 is 14.9 Å². The highest BCUT2D eigenvalue weighted by molar-refractivity contribution is 6.56. The Hall–Kier alpha value is -0.673. The van der Waals surface area contributed by atoms with E-state index < -0.39 is 21.0 Å². The highest BCUT2D eigenvalue weighted by Gasteiger charge is 2.25. The van der Waals surface area contributed by atoms with Crippen molar-refractivity contribution in [2.24, 2.45) is 0 Å². The van der Waals surface area contributed by atoms with Crippen LogP contribution in [0.2, 0.25) is 6.04 Å². The summed E-state index contributed by atoms with van der Waals surface area (Å²) in [5.74, 6) is 0. The molecule has 0 bridgehead atoms. The molecule has 8 heteroatoms. The van der Waals surface area contributed by atoms with Crippen LogP contribution in [0.5, 0.6) is 0 Å². The highest BCUT2D eigenvalue weighted by atomic mass is 28.4. The topological polar surface area (TPSA) is 119 Å². The average Bonchev–Trinajstić information content (AvgIpc) is 2.22. The number of ether oxygens (including phenoxy) is 1. The van der Waals surface area contributed by atoms with Crippen molar-refractivity contribution in [2.75, 3.05) is 6.54 Å². The maximum atomic E-state index is 11.3. The zero-order chi connectivity index (χ0) is 14.2. The molecule has 0 aliphatic rings. The van der Waals surface area contributed by atoms with Crippen LogP contribution in [0.25, 0.3) is 0 Å². The van der Waals surface area contributed by atoms with Gasteiger partial charge in [-0.25, -0.2) is 4.79 Å². The van der Waals surface area contributed by atoms with Crippen LogP contribution in [0, 0.1) is 0 Å². The molecule has 0 aromatic rings. The first kappa shape index (κ1) is 17.3. The molecular weight excluding hydrogens is 258 g/mol. The van der Waals surface area contributed by atoms with Gasteiger partial charge in [-0.05, 0) is 19.8 Å². The van der Waals surface area contributed by atoms with Crippen molar-refractivity contribution in [3.63, 3.8) is 0 Å². The summed E-state index contributed by atoms with van der Waals surface area (Å²) in [7, 11) is -4.01. The minimum absolute atomic E-state index is 0.128. The summed E-state index contributed by atoms with van der Waals surface area (Å²) in [5, 5.41) is 11.8. The van der Waals surface area contributed by atoms with Gasteiger partial charge < -0.3 is 29.5 Å². The molecule has 18 heavy (non-hydrogen) atoms. The van der Waals surface area contributed by atoms with Gasteiger partial charge in [0.05, 0.1) is 6.10 Å². The molecule has 0 spiro atoms. The fourth-order valence-electron chi connectivity index (χ4n) is 1.34. The van der Waals surface area contributed by atoms with Crippen molar-refractivity contribution in [2.45, 2.75) is 51.4 Å². The van der Waals surface area contributed by atoms with Crippen LogP contribution in [-0.4, -0.2) is 53.1 Å². The SMILES string of the molecule is CCC(O)CC(C)OC(=O)NCCC[Si](O)(O)O. The molecule has 0 heterocycles. The number of amides is 1. The van der Waals surface area contributed by atoms with E-state index in [-0.39, 0.29) is 25.1 Å². The van der Waals surface area contributed by atoms with Gasteiger partial charge in [0.25, 0.3) is 0 Å². The number of carbonyl (C=O) groups is 1. The molecule has 1 amide bonds. The Morgan fingerprint density at radius 3 is 2.50 bits per heavy atom. The van der Waals surface area contributed by atoms with Gasteiger partial charge in [0.1, 0.15) is 6.10 Å².